The molecule has 1 aromatic heterocycles. The Morgan fingerprint density at radius 3 is 2.41 bits per heavy atom. The Morgan fingerprint density at radius 1 is 1.32 bits per heavy atom. The van der Waals surface area contributed by atoms with Crippen LogP contribution in [0.5, 0.6) is 0 Å². The minimum absolute atomic E-state index is 0. The third-order valence-corrected chi connectivity index (χ3v) is 4.07. The van der Waals surface area contributed by atoms with E-state index >= 15 is 0 Å². The standard InChI is InChI=1S/C13H23N3O4S.ClH/c1-4-13(14,5-2)9-15-12(17)11-7-6-10(20-11)8-16-21(3,18)19;/h6-7,16H,4-5,8-9,14H2,1-3H3,(H,15,17);1H. The number of furan rings is 1. The zero-order valence-corrected chi connectivity index (χ0v) is 14.6. The number of nitrogens with two attached hydrogens (primary N) is 1. The molecule has 22 heavy (non-hydrogen) atoms. The minimum atomic E-state index is -3.30. The number of nitrogens with one attached hydrogen (secondary N) is 2. The van der Waals surface area contributed by atoms with Gasteiger partial charge in [-0.2, -0.15) is 0 Å². The van der Waals surface area contributed by atoms with Crippen molar-refractivity contribution in [3.05, 3.63) is 23.7 Å². The van der Waals surface area contributed by atoms with Crippen molar-refractivity contribution in [3.8, 4) is 0 Å². The van der Waals surface area contributed by atoms with Gasteiger partial charge in [0.2, 0.25) is 10.0 Å². The van der Waals surface area contributed by atoms with Crippen molar-refractivity contribution in [1.29, 1.82) is 0 Å². The van der Waals surface area contributed by atoms with Gasteiger partial charge in [0, 0.05) is 12.1 Å². The first-order valence-electron chi connectivity index (χ1n) is 6.79. The number of sulfonamides is 1. The van der Waals surface area contributed by atoms with Gasteiger partial charge < -0.3 is 15.5 Å². The SMILES string of the molecule is CCC(N)(CC)CNC(=O)c1ccc(CNS(C)(=O)=O)o1.Cl. The van der Waals surface area contributed by atoms with E-state index < -0.39 is 15.6 Å². The van der Waals surface area contributed by atoms with Crippen molar-refractivity contribution < 1.29 is 17.6 Å². The van der Waals surface area contributed by atoms with E-state index in [1.165, 1.54) is 6.07 Å². The average Bonchev–Trinajstić information content (AvgIpc) is 2.90. The molecule has 0 unspecified atom stereocenters. The summed E-state index contributed by atoms with van der Waals surface area (Å²) in [6.07, 6.45) is 2.57. The summed E-state index contributed by atoms with van der Waals surface area (Å²) < 4.78 is 29.5. The summed E-state index contributed by atoms with van der Waals surface area (Å²) in [6, 6.07) is 3.06. The lowest BCUT2D eigenvalue weighted by Crippen LogP contribution is -2.49. The van der Waals surface area contributed by atoms with Crippen LogP contribution in [0.4, 0.5) is 0 Å². The van der Waals surface area contributed by atoms with Gasteiger partial charge in [0.1, 0.15) is 5.76 Å². The summed E-state index contributed by atoms with van der Waals surface area (Å²) in [7, 11) is -3.30. The van der Waals surface area contributed by atoms with Crippen LogP contribution in [0.25, 0.3) is 0 Å². The van der Waals surface area contributed by atoms with Crippen LogP contribution in [0.2, 0.25) is 0 Å². The molecular weight excluding hydrogens is 330 g/mol. The van der Waals surface area contributed by atoms with Gasteiger partial charge in [0.15, 0.2) is 5.76 Å². The highest BCUT2D eigenvalue weighted by Crippen LogP contribution is 2.11. The fourth-order valence-corrected chi connectivity index (χ4v) is 2.05. The summed E-state index contributed by atoms with van der Waals surface area (Å²) >= 11 is 0. The summed E-state index contributed by atoms with van der Waals surface area (Å²) in [5, 5.41) is 2.73. The quantitative estimate of drug-likeness (QED) is 0.645. The molecule has 0 radical (unpaired) electrons. The molecule has 0 saturated carbocycles. The summed E-state index contributed by atoms with van der Waals surface area (Å²) in [4.78, 5) is 11.9. The van der Waals surface area contributed by atoms with Crippen LogP contribution >= 0.6 is 12.4 Å². The number of hydrogen-bond donors (Lipinski definition) is 3. The summed E-state index contributed by atoms with van der Waals surface area (Å²) in [5.41, 5.74) is 5.67. The Bertz CT molecular complexity index is 582. The first kappa shape index (κ1) is 20.9. The monoisotopic (exact) mass is 353 g/mol. The van der Waals surface area contributed by atoms with Crippen molar-refractivity contribution in [1.82, 2.24) is 10.0 Å². The van der Waals surface area contributed by atoms with Crippen LogP contribution in [0.3, 0.4) is 0 Å². The molecule has 128 valence electrons. The lowest BCUT2D eigenvalue weighted by molar-refractivity contribution is 0.0912. The highest BCUT2D eigenvalue weighted by Gasteiger charge is 2.22. The zero-order valence-electron chi connectivity index (χ0n) is 13.0. The Kier molecular flexibility index (Phi) is 8.10. The van der Waals surface area contributed by atoms with Gasteiger partial charge in [0.25, 0.3) is 5.91 Å². The largest absolute Gasteiger partial charge is 0.455 e. The number of amides is 1. The van der Waals surface area contributed by atoms with E-state index in [1.807, 2.05) is 13.8 Å². The fraction of sp³-hybridized carbons (Fsp3) is 0.615. The van der Waals surface area contributed by atoms with Crippen LogP contribution in [0, 0.1) is 0 Å². The second-order valence-corrected chi connectivity index (χ2v) is 6.94. The van der Waals surface area contributed by atoms with Gasteiger partial charge in [-0.25, -0.2) is 13.1 Å². The molecule has 0 saturated heterocycles. The van der Waals surface area contributed by atoms with Crippen LogP contribution in [0.15, 0.2) is 16.5 Å². The highest BCUT2D eigenvalue weighted by molar-refractivity contribution is 7.88. The second kappa shape index (κ2) is 8.52. The van der Waals surface area contributed by atoms with Gasteiger partial charge in [-0.15, -0.1) is 12.4 Å². The molecule has 0 spiro atoms. The molecule has 4 N–H and O–H groups in total. The van der Waals surface area contributed by atoms with Crippen molar-refractivity contribution in [2.75, 3.05) is 12.8 Å². The van der Waals surface area contributed by atoms with E-state index in [0.29, 0.717) is 12.3 Å². The van der Waals surface area contributed by atoms with Gasteiger partial charge in [-0.1, -0.05) is 13.8 Å². The first-order valence-corrected chi connectivity index (χ1v) is 8.68. The van der Waals surface area contributed by atoms with E-state index in [-0.39, 0.29) is 30.6 Å². The number of carbonyl (C=O) groups excluding carboxylic acids is 1. The molecule has 0 atom stereocenters. The molecule has 0 fully saturated rings. The van der Waals surface area contributed by atoms with Crippen molar-refractivity contribution >= 4 is 28.3 Å². The Labute approximate surface area is 137 Å². The third-order valence-electron chi connectivity index (χ3n) is 3.40. The van der Waals surface area contributed by atoms with Crippen molar-refractivity contribution in [2.45, 2.75) is 38.8 Å². The fourth-order valence-electron chi connectivity index (χ4n) is 1.64. The van der Waals surface area contributed by atoms with E-state index in [4.69, 9.17) is 10.2 Å². The van der Waals surface area contributed by atoms with Gasteiger partial charge in [-0.3, -0.25) is 4.79 Å². The molecule has 1 amide bonds. The molecule has 0 aliphatic rings. The lowest BCUT2D eigenvalue weighted by Gasteiger charge is -2.26. The van der Waals surface area contributed by atoms with Crippen LogP contribution in [0.1, 0.15) is 43.0 Å². The highest BCUT2D eigenvalue weighted by atomic mass is 35.5. The van der Waals surface area contributed by atoms with Crippen molar-refractivity contribution in [3.63, 3.8) is 0 Å². The molecule has 1 aromatic rings. The maximum Gasteiger partial charge on any atom is 0.287 e. The third kappa shape index (κ3) is 6.78. The number of rotatable bonds is 8. The van der Waals surface area contributed by atoms with Gasteiger partial charge >= 0.3 is 0 Å². The summed E-state index contributed by atoms with van der Waals surface area (Å²) in [6.45, 7) is 4.31. The topological polar surface area (TPSA) is 114 Å². The predicted molar refractivity (Wildman–Crippen MR) is 87.5 cm³/mol. The van der Waals surface area contributed by atoms with Crippen LogP contribution in [-0.2, 0) is 16.6 Å². The molecule has 0 aliphatic carbocycles. The van der Waals surface area contributed by atoms with Crippen LogP contribution in [-0.4, -0.2) is 32.7 Å². The predicted octanol–water partition coefficient (Wildman–Crippen LogP) is 0.998. The summed E-state index contributed by atoms with van der Waals surface area (Å²) in [5.74, 6) is 0.141. The van der Waals surface area contributed by atoms with Gasteiger partial charge in [0.05, 0.1) is 12.8 Å². The smallest absolute Gasteiger partial charge is 0.287 e. The minimum Gasteiger partial charge on any atom is -0.455 e. The number of halogens is 1. The van der Waals surface area contributed by atoms with E-state index in [1.54, 1.807) is 6.07 Å². The zero-order chi connectivity index (χ0) is 16.1. The van der Waals surface area contributed by atoms with Crippen molar-refractivity contribution in [2.24, 2.45) is 5.73 Å². The van der Waals surface area contributed by atoms with E-state index in [0.717, 1.165) is 19.1 Å². The molecule has 1 heterocycles. The number of hydrogen-bond acceptors (Lipinski definition) is 5. The normalized spacial score (nSPS) is 11.8. The molecular formula is C13H24ClN3O4S. The Morgan fingerprint density at radius 2 is 1.91 bits per heavy atom. The average molecular weight is 354 g/mol. The molecule has 9 heteroatoms. The maximum absolute atomic E-state index is 11.9. The Balaban J connectivity index is 0.00000441. The molecule has 0 aliphatic heterocycles. The first-order chi connectivity index (χ1) is 9.69. The molecule has 7 nitrogen and oxygen atoms in total. The number of carbonyl (C=O) groups is 1. The Hall–Kier alpha value is -1.09. The molecule has 0 bridgehead atoms. The molecule has 0 aromatic carbocycles. The van der Waals surface area contributed by atoms with E-state index in [9.17, 15) is 13.2 Å². The second-order valence-electron chi connectivity index (χ2n) is 5.11. The van der Waals surface area contributed by atoms with Crippen LogP contribution < -0.4 is 15.8 Å². The van der Waals surface area contributed by atoms with E-state index in [2.05, 4.69) is 10.0 Å². The molecule has 1 rings (SSSR count). The maximum atomic E-state index is 11.9. The lowest BCUT2D eigenvalue weighted by atomic mass is 9.94. The van der Waals surface area contributed by atoms with Gasteiger partial charge in [-0.05, 0) is 25.0 Å².